The number of benzene rings is 8. The first-order valence-electron chi connectivity index (χ1n) is 31.6. The molecule has 0 saturated carbocycles. The van der Waals surface area contributed by atoms with Gasteiger partial charge in [0.25, 0.3) is 0 Å². The quantitative estimate of drug-likeness (QED) is 0.0215. The Bertz CT molecular complexity index is 3170. The molecule has 10 heteroatoms. The lowest BCUT2D eigenvalue weighted by molar-refractivity contribution is -0.146. The first kappa shape index (κ1) is 63.8. The van der Waals surface area contributed by atoms with Crippen molar-refractivity contribution in [2.75, 3.05) is 26.4 Å². The summed E-state index contributed by atoms with van der Waals surface area (Å²) in [6.07, 6.45) is 20.6. The lowest BCUT2D eigenvalue weighted by Gasteiger charge is -2.14. The smallest absolute Gasteiger partial charge is 0.343 e. The molecule has 0 aliphatic heterocycles. The maximum Gasteiger partial charge on any atom is 0.343 e. The van der Waals surface area contributed by atoms with Gasteiger partial charge in [-0.05, 0) is 180 Å². The highest BCUT2D eigenvalue weighted by Crippen LogP contribution is 2.31. The number of hydrogen-bond donors (Lipinski definition) is 0. The van der Waals surface area contributed by atoms with Crippen LogP contribution in [-0.4, -0.2) is 50.3 Å². The van der Waals surface area contributed by atoms with Crippen LogP contribution >= 0.6 is 0 Å². The second-order valence-electron chi connectivity index (χ2n) is 22.7. The summed E-state index contributed by atoms with van der Waals surface area (Å²) >= 11 is 0. The number of esters is 4. The number of unbranched alkanes of at least 4 members (excludes halogenated alkanes) is 15. The Kier molecular flexibility index (Phi) is 25.2. The highest BCUT2D eigenvalue weighted by molar-refractivity contribution is 5.94. The molecule has 0 heterocycles. The predicted octanol–water partition coefficient (Wildman–Crippen LogP) is 19.6. The predicted molar refractivity (Wildman–Crippen MR) is 346 cm³/mol. The molecule has 2 atom stereocenters. The van der Waals surface area contributed by atoms with E-state index in [1.165, 1.54) is 77.0 Å². The van der Waals surface area contributed by atoms with Crippen molar-refractivity contribution < 1.29 is 47.6 Å². The van der Waals surface area contributed by atoms with E-state index >= 15 is 0 Å². The highest BCUT2D eigenvalue weighted by atomic mass is 16.5. The van der Waals surface area contributed by atoms with Crippen LogP contribution in [0.25, 0.3) is 43.8 Å². The van der Waals surface area contributed by atoms with Gasteiger partial charge < -0.3 is 28.4 Å². The Morgan fingerprint density at radius 3 is 0.965 bits per heavy atom. The van der Waals surface area contributed by atoms with Gasteiger partial charge >= 0.3 is 23.9 Å². The summed E-state index contributed by atoms with van der Waals surface area (Å²) in [7, 11) is 0. The SMILES string of the molecule is CCCCCCCCCOc1ccc(-c2ccc(C(=O)Oc3ccc4cc(C(C)C(=O)OCCCCCCOC(=O)C(C)c5ccc6cc(OC(=O)c7ccc(-c8ccc(OCCCCCCCCC)cc8)cc7)ccc6c5)ccc4c3)cc2)cc1. The molecule has 86 heavy (non-hydrogen) atoms. The molecule has 8 aromatic carbocycles. The van der Waals surface area contributed by atoms with Crippen molar-refractivity contribution in [3.63, 3.8) is 0 Å². The van der Waals surface area contributed by atoms with Gasteiger partial charge in [0, 0.05) is 0 Å². The lowest BCUT2D eigenvalue weighted by Crippen LogP contribution is -2.14. The van der Waals surface area contributed by atoms with Crippen molar-refractivity contribution in [3.05, 3.63) is 192 Å². The summed E-state index contributed by atoms with van der Waals surface area (Å²) in [5, 5.41) is 3.60. The van der Waals surface area contributed by atoms with Gasteiger partial charge in [0.2, 0.25) is 0 Å². The second kappa shape index (κ2) is 34.0. The Morgan fingerprint density at radius 2 is 0.605 bits per heavy atom. The largest absolute Gasteiger partial charge is 0.494 e. The molecule has 0 fully saturated rings. The molecule has 2 unspecified atom stereocenters. The Balaban J connectivity index is 0.685. The molecule has 0 aromatic heterocycles. The molecule has 450 valence electrons. The van der Waals surface area contributed by atoms with Gasteiger partial charge in [0.1, 0.15) is 23.0 Å². The van der Waals surface area contributed by atoms with Crippen LogP contribution in [0.4, 0.5) is 0 Å². The van der Waals surface area contributed by atoms with Crippen LogP contribution in [0, 0.1) is 0 Å². The van der Waals surface area contributed by atoms with Crippen LogP contribution < -0.4 is 18.9 Å². The summed E-state index contributed by atoms with van der Waals surface area (Å²) in [4.78, 5) is 52.5. The van der Waals surface area contributed by atoms with E-state index in [0.717, 1.165) is 105 Å². The summed E-state index contributed by atoms with van der Waals surface area (Å²) < 4.78 is 34.8. The van der Waals surface area contributed by atoms with Crippen molar-refractivity contribution in [1.82, 2.24) is 0 Å². The third kappa shape index (κ3) is 19.7. The lowest BCUT2D eigenvalue weighted by atomic mass is 9.98. The Hall–Kier alpha value is -8.24. The molecule has 0 spiro atoms. The first-order valence-corrected chi connectivity index (χ1v) is 31.6. The normalized spacial score (nSPS) is 11.9. The molecule has 0 saturated heterocycles. The van der Waals surface area contributed by atoms with Crippen LogP contribution in [0.15, 0.2) is 170 Å². The molecule has 8 aromatic rings. The molecule has 10 nitrogen and oxygen atoms in total. The minimum absolute atomic E-state index is 0.295. The number of hydrogen-bond acceptors (Lipinski definition) is 10. The van der Waals surface area contributed by atoms with E-state index in [9.17, 15) is 19.2 Å². The van der Waals surface area contributed by atoms with Gasteiger partial charge in [0.15, 0.2) is 0 Å². The van der Waals surface area contributed by atoms with Gasteiger partial charge in [0.05, 0.1) is 49.4 Å². The van der Waals surface area contributed by atoms with E-state index in [0.29, 0.717) is 48.7 Å². The second-order valence-corrected chi connectivity index (χ2v) is 22.7. The molecule has 8 rings (SSSR count). The van der Waals surface area contributed by atoms with Crippen molar-refractivity contribution in [3.8, 4) is 45.3 Å². The fraction of sp³-hybridized carbons (Fsp3) is 0.368. The molecule has 0 amide bonds. The molecule has 0 radical (unpaired) electrons. The van der Waals surface area contributed by atoms with E-state index < -0.39 is 23.8 Å². The molecule has 0 bridgehead atoms. The molecule has 0 aliphatic rings. The van der Waals surface area contributed by atoms with E-state index in [1.54, 1.807) is 36.4 Å². The minimum atomic E-state index is -0.465. The van der Waals surface area contributed by atoms with Gasteiger partial charge in [-0.15, -0.1) is 0 Å². The summed E-state index contributed by atoms with van der Waals surface area (Å²) in [6, 6.07) is 53.5. The first-order chi connectivity index (χ1) is 42.0. The van der Waals surface area contributed by atoms with Crippen molar-refractivity contribution >= 4 is 45.4 Å². The maximum atomic E-state index is 13.2. The summed E-state index contributed by atoms with van der Waals surface area (Å²) in [5.41, 5.74) is 6.64. The number of rotatable bonds is 35. The summed E-state index contributed by atoms with van der Waals surface area (Å²) in [5.74, 6) is 0.187. The zero-order chi connectivity index (χ0) is 60.3. The molecule has 0 aliphatic carbocycles. The highest BCUT2D eigenvalue weighted by Gasteiger charge is 2.20. The van der Waals surface area contributed by atoms with Gasteiger partial charge in [-0.25, -0.2) is 9.59 Å². The monoisotopic (exact) mass is 1160 g/mol. The van der Waals surface area contributed by atoms with Crippen molar-refractivity contribution in [2.24, 2.45) is 0 Å². The Labute approximate surface area is 509 Å². The molecule has 0 N–H and O–H groups in total. The third-order valence-corrected chi connectivity index (χ3v) is 16.0. The number of carbonyl (C=O) groups excluding carboxylic acids is 4. The minimum Gasteiger partial charge on any atom is -0.494 e. The van der Waals surface area contributed by atoms with Crippen molar-refractivity contribution in [2.45, 2.75) is 155 Å². The average Bonchev–Trinajstić information content (AvgIpc) is 3.09. The van der Waals surface area contributed by atoms with E-state index in [-0.39, 0.29) is 11.9 Å². The zero-order valence-corrected chi connectivity index (χ0v) is 51.0. The fourth-order valence-corrected chi connectivity index (χ4v) is 10.5. The standard InChI is InChI=1S/C76H86O10/c1-5-7-9-11-13-15-19-47-81-69-41-35-59(36-42-69)57-23-27-61(28-24-57)75(79)85-71-45-39-65-51-63(31-33-67(65)53-71)55(3)73(77)83-49-21-17-18-22-50-84-74(78)56(4)64-32-34-68-54-72(46-40-66(68)52-64)86-76(80)62-29-25-58(26-30-62)60-37-43-70(44-38-60)82-48-20-16-14-12-10-8-6-2/h23-46,51-56H,5-22,47-50H2,1-4H3. The fourth-order valence-electron chi connectivity index (χ4n) is 10.5. The average molecular weight is 1160 g/mol. The van der Waals surface area contributed by atoms with E-state index in [4.69, 9.17) is 28.4 Å². The van der Waals surface area contributed by atoms with E-state index in [2.05, 4.69) is 13.8 Å². The topological polar surface area (TPSA) is 124 Å². The van der Waals surface area contributed by atoms with Gasteiger partial charge in [-0.2, -0.15) is 0 Å². The zero-order valence-electron chi connectivity index (χ0n) is 51.0. The van der Waals surface area contributed by atoms with Crippen LogP contribution in [0.2, 0.25) is 0 Å². The number of ether oxygens (including phenoxy) is 6. The van der Waals surface area contributed by atoms with Crippen LogP contribution in [0.1, 0.15) is 187 Å². The Morgan fingerprint density at radius 1 is 0.314 bits per heavy atom. The van der Waals surface area contributed by atoms with Crippen LogP contribution in [-0.2, 0) is 19.1 Å². The number of fused-ring (bicyclic) bond motifs is 2. The third-order valence-electron chi connectivity index (χ3n) is 16.0. The van der Waals surface area contributed by atoms with Gasteiger partial charge in [-0.1, -0.05) is 188 Å². The summed E-state index contributed by atoms with van der Waals surface area (Å²) in [6.45, 7) is 10.2. The molecular formula is C76H86O10. The van der Waals surface area contributed by atoms with Gasteiger partial charge in [-0.3, -0.25) is 9.59 Å². The molecular weight excluding hydrogens is 1070 g/mol. The van der Waals surface area contributed by atoms with Crippen LogP contribution in [0.3, 0.4) is 0 Å². The van der Waals surface area contributed by atoms with Crippen molar-refractivity contribution in [1.29, 1.82) is 0 Å². The van der Waals surface area contributed by atoms with Crippen LogP contribution in [0.5, 0.6) is 23.0 Å². The van der Waals surface area contributed by atoms with E-state index in [1.807, 2.05) is 147 Å². The number of carbonyl (C=O) groups is 4. The maximum absolute atomic E-state index is 13.2.